The second-order valence-electron chi connectivity index (χ2n) is 8.89. The summed E-state index contributed by atoms with van der Waals surface area (Å²) in [6, 6.07) is 12.2. The summed E-state index contributed by atoms with van der Waals surface area (Å²) in [6.07, 6.45) is 2.13. The van der Waals surface area contributed by atoms with Gasteiger partial charge in [0.25, 0.3) is 15.9 Å². The molecule has 8 heteroatoms. The van der Waals surface area contributed by atoms with Crippen molar-refractivity contribution in [2.45, 2.75) is 31.6 Å². The zero-order valence-electron chi connectivity index (χ0n) is 18.8. The normalized spacial score (nSPS) is 19.6. The van der Waals surface area contributed by atoms with E-state index in [1.807, 2.05) is 24.0 Å². The molecule has 2 fully saturated rings. The van der Waals surface area contributed by atoms with E-state index in [2.05, 4.69) is 21.9 Å². The molecule has 2 heterocycles. The number of nitrogens with one attached hydrogen (secondary N) is 2. The van der Waals surface area contributed by atoms with Crippen LogP contribution in [0.1, 0.15) is 35.7 Å². The Morgan fingerprint density at radius 2 is 1.78 bits per heavy atom. The molecule has 172 valence electrons. The van der Waals surface area contributed by atoms with Crippen LogP contribution in [0.15, 0.2) is 47.4 Å². The lowest BCUT2D eigenvalue weighted by atomic mass is 9.99. The molecule has 2 N–H and O–H groups in total. The summed E-state index contributed by atoms with van der Waals surface area (Å²) in [5.74, 6) is 0.437. The fourth-order valence-electron chi connectivity index (χ4n) is 4.41. The van der Waals surface area contributed by atoms with E-state index in [4.69, 9.17) is 0 Å². The van der Waals surface area contributed by atoms with E-state index >= 15 is 0 Å². The van der Waals surface area contributed by atoms with E-state index in [0.717, 1.165) is 63.4 Å². The summed E-state index contributed by atoms with van der Waals surface area (Å²) in [6.45, 7) is 8.77. The molecule has 0 aliphatic carbocycles. The zero-order chi connectivity index (χ0) is 22.7. The highest BCUT2D eigenvalue weighted by molar-refractivity contribution is 7.92. The number of hydrogen-bond acceptors (Lipinski definition) is 5. The van der Waals surface area contributed by atoms with Gasteiger partial charge in [0.15, 0.2) is 0 Å². The number of carbonyl (C=O) groups excluding carboxylic acids is 1. The van der Waals surface area contributed by atoms with Gasteiger partial charge in [-0.1, -0.05) is 24.6 Å². The summed E-state index contributed by atoms with van der Waals surface area (Å²) >= 11 is 0. The van der Waals surface area contributed by atoms with Crippen LogP contribution in [0.5, 0.6) is 0 Å². The number of rotatable bonds is 5. The van der Waals surface area contributed by atoms with Gasteiger partial charge in [-0.3, -0.25) is 9.52 Å². The first-order valence-electron chi connectivity index (χ1n) is 11.3. The largest absolute Gasteiger partial charge is 0.367 e. The Morgan fingerprint density at radius 3 is 2.47 bits per heavy atom. The van der Waals surface area contributed by atoms with Gasteiger partial charge in [-0.2, -0.15) is 0 Å². The Morgan fingerprint density at radius 1 is 1.06 bits per heavy atom. The molecule has 0 unspecified atom stereocenters. The Balaban J connectivity index is 1.67. The van der Waals surface area contributed by atoms with Crippen molar-refractivity contribution in [1.82, 2.24) is 10.2 Å². The van der Waals surface area contributed by atoms with Crippen LogP contribution < -0.4 is 14.9 Å². The van der Waals surface area contributed by atoms with Gasteiger partial charge in [-0.15, -0.1) is 0 Å². The van der Waals surface area contributed by atoms with Crippen LogP contribution in [0.2, 0.25) is 0 Å². The minimum absolute atomic E-state index is 0.0424. The van der Waals surface area contributed by atoms with Crippen molar-refractivity contribution in [2.75, 3.05) is 48.9 Å². The topological polar surface area (TPSA) is 81.8 Å². The van der Waals surface area contributed by atoms with E-state index in [0.29, 0.717) is 17.2 Å². The average Bonchev–Trinajstić information content (AvgIpc) is 2.79. The van der Waals surface area contributed by atoms with Crippen molar-refractivity contribution >= 4 is 27.3 Å². The number of anilines is 2. The number of amides is 1. The highest BCUT2D eigenvalue weighted by Crippen LogP contribution is 2.31. The summed E-state index contributed by atoms with van der Waals surface area (Å²) in [5.41, 5.74) is 2.75. The molecule has 2 aromatic carbocycles. The van der Waals surface area contributed by atoms with Crippen LogP contribution in [0.3, 0.4) is 0 Å². The molecular formula is C24H32N4O3S. The predicted molar refractivity (Wildman–Crippen MR) is 128 cm³/mol. The maximum Gasteiger partial charge on any atom is 0.261 e. The van der Waals surface area contributed by atoms with Crippen molar-refractivity contribution in [1.29, 1.82) is 0 Å². The molecule has 2 aliphatic rings. The van der Waals surface area contributed by atoms with Crippen molar-refractivity contribution in [2.24, 2.45) is 5.92 Å². The standard InChI is InChI=1S/C24H32N4O3S/c1-18-5-8-21(9-6-18)32(30,31)26-22-16-20(24(29)28-13-3-4-19(2)17-28)7-10-23(22)27-14-11-25-12-15-27/h5-10,16,19,25-26H,3-4,11-15,17H2,1-2H3/t19-/m0/s1. The van der Waals surface area contributed by atoms with Gasteiger partial charge in [0.1, 0.15) is 0 Å². The minimum atomic E-state index is -3.78. The number of piperazine rings is 1. The van der Waals surface area contributed by atoms with E-state index in [1.165, 1.54) is 0 Å². The molecular weight excluding hydrogens is 424 g/mol. The van der Waals surface area contributed by atoms with E-state index in [-0.39, 0.29) is 10.8 Å². The molecule has 0 bridgehead atoms. The summed E-state index contributed by atoms with van der Waals surface area (Å²) in [7, 11) is -3.78. The molecule has 1 atom stereocenters. The van der Waals surface area contributed by atoms with Crippen LogP contribution in [-0.4, -0.2) is 58.5 Å². The van der Waals surface area contributed by atoms with Crippen LogP contribution in [0, 0.1) is 12.8 Å². The number of carbonyl (C=O) groups is 1. The lowest BCUT2D eigenvalue weighted by molar-refractivity contribution is 0.0683. The lowest BCUT2D eigenvalue weighted by Crippen LogP contribution is -2.44. The van der Waals surface area contributed by atoms with Gasteiger partial charge >= 0.3 is 0 Å². The monoisotopic (exact) mass is 456 g/mol. The molecule has 32 heavy (non-hydrogen) atoms. The molecule has 2 aromatic rings. The van der Waals surface area contributed by atoms with Crippen LogP contribution in [-0.2, 0) is 10.0 Å². The molecule has 0 saturated carbocycles. The highest BCUT2D eigenvalue weighted by Gasteiger charge is 2.25. The third-order valence-corrected chi connectivity index (χ3v) is 7.60. The first kappa shape index (κ1) is 22.6. The number of piperidine rings is 1. The molecule has 2 aliphatic heterocycles. The van der Waals surface area contributed by atoms with Gasteiger partial charge in [0, 0.05) is 44.8 Å². The minimum Gasteiger partial charge on any atom is -0.367 e. The van der Waals surface area contributed by atoms with E-state index in [1.54, 1.807) is 30.3 Å². The first-order chi connectivity index (χ1) is 15.3. The number of benzene rings is 2. The number of sulfonamides is 1. The Kier molecular flexibility index (Phi) is 6.71. The molecule has 0 radical (unpaired) electrons. The van der Waals surface area contributed by atoms with Gasteiger partial charge in [-0.05, 0) is 56.0 Å². The maximum atomic E-state index is 13.2. The number of aryl methyl sites for hydroxylation is 1. The smallest absolute Gasteiger partial charge is 0.261 e. The van der Waals surface area contributed by atoms with Crippen molar-refractivity contribution in [3.63, 3.8) is 0 Å². The third-order valence-electron chi connectivity index (χ3n) is 6.22. The average molecular weight is 457 g/mol. The van der Waals surface area contributed by atoms with Gasteiger partial charge in [0.2, 0.25) is 0 Å². The molecule has 2 saturated heterocycles. The Bertz CT molecular complexity index is 1060. The highest BCUT2D eigenvalue weighted by atomic mass is 32.2. The summed E-state index contributed by atoms with van der Waals surface area (Å²) in [4.78, 5) is 17.4. The van der Waals surface area contributed by atoms with Crippen LogP contribution in [0.25, 0.3) is 0 Å². The molecule has 0 spiro atoms. The number of likely N-dealkylation sites (tertiary alicyclic amines) is 1. The lowest BCUT2D eigenvalue weighted by Gasteiger charge is -2.33. The van der Waals surface area contributed by atoms with E-state index in [9.17, 15) is 13.2 Å². The molecule has 7 nitrogen and oxygen atoms in total. The summed E-state index contributed by atoms with van der Waals surface area (Å²) in [5, 5.41) is 3.32. The van der Waals surface area contributed by atoms with Crippen molar-refractivity contribution < 1.29 is 13.2 Å². The Hall–Kier alpha value is -2.58. The Labute approximate surface area is 190 Å². The zero-order valence-corrected chi connectivity index (χ0v) is 19.6. The SMILES string of the molecule is Cc1ccc(S(=O)(=O)Nc2cc(C(=O)N3CCC[C@H](C)C3)ccc2N2CCNCC2)cc1. The van der Waals surface area contributed by atoms with Crippen LogP contribution in [0.4, 0.5) is 11.4 Å². The van der Waals surface area contributed by atoms with Gasteiger partial charge in [-0.25, -0.2) is 8.42 Å². The summed E-state index contributed by atoms with van der Waals surface area (Å²) < 4.78 is 29.0. The molecule has 4 rings (SSSR count). The maximum absolute atomic E-state index is 13.2. The third kappa shape index (κ3) is 5.07. The second-order valence-corrected chi connectivity index (χ2v) is 10.6. The predicted octanol–water partition coefficient (Wildman–Crippen LogP) is 3.08. The number of hydrogen-bond donors (Lipinski definition) is 2. The van der Waals surface area contributed by atoms with Crippen molar-refractivity contribution in [3.8, 4) is 0 Å². The number of nitrogens with zero attached hydrogens (tertiary/aromatic N) is 2. The molecule has 1 amide bonds. The quantitative estimate of drug-likeness (QED) is 0.723. The van der Waals surface area contributed by atoms with E-state index < -0.39 is 10.0 Å². The second kappa shape index (κ2) is 9.50. The molecule has 0 aromatic heterocycles. The van der Waals surface area contributed by atoms with Gasteiger partial charge < -0.3 is 15.1 Å². The fraction of sp³-hybridized carbons (Fsp3) is 0.458. The van der Waals surface area contributed by atoms with Crippen LogP contribution >= 0.6 is 0 Å². The van der Waals surface area contributed by atoms with Crippen molar-refractivity contribution in [3.05, 3.63) is 53.6 Å². The fourth-order valence-corrected chi connectivity index (χ4v) is 5.48. The first-order valence-corrected chi connectivity index (χ1v) is 12.8. The van der Waals surface area contributed by atoms with Gasteiger partial charge in [0.05, 0.1) is 16.3 Å².